The molecule has 0 rings (SSSR count). The van der Waals surface area contributed by atoms with Crippen LogP contribution in [0.15, 0.2) is 0 Å². The van der Waals surface area contributed by atoms with Gasteiger partial charge in [-0.3, -0.25) is 4.79 Å². The highest BCUT2D eigenvalue weighted by Gasteiger charge is 2.14. The van der Waals surface area contributed by atoms with Crippen molar-refractivity contribution in [2.45, 2.75) is 26.7 Å². The first-order valence-electron chi connectivity index (χ1n) is 4.03. The van der Waals surface area contributed by atoms with Gasteiger partial charge < -0.3 is 4.74 Å². The molecule has 0 heterocycles. The molecule has 1 atom stereocenters. The van der Waals surface area contributed by atoms with Gasteiger partial charge in [0.25, 0.3) is 0 Å². The van der Waals surface area contributed by atoms with Gasteiger partial charge in [-0.15, -0.1) is 0 Å². The van der Waals surface area contributed by atoms with Crippen LogP contribution in [0.2, 0.25) is 0 Å². The lowest BCUT2D eigenvalue weighted by atomic mass is 10.1. The van der Waals surface area contributed by atoms with E-state index >= 15 is 0 Å². The lowest BCUT2D eigenvalue weighted by Crippen LogP contribution is -2.18. The Morgan fingerprint density at radius 2 is 2.18 bits per heavy atom. The fourth-order valence-electron chi connectivity index (χ4n) is 0.691. The normalized spacial score (nSPS) is 12.6. The van der Waals surface area contributed by atoms with Crippen LogP contribution in [-0.4, -0.2) is 18.3 Å². The Bertz CT molecular complexity index is 111. The number of rotatable bonds is 5. The van der Waals surface area contributed by atoms with Crippen molar-refractivity contribution in [3.63, 3.8) is 0 Å². The first-order chi connectivity index (χ1) is 5.26. The SMILES string of the molecule is CCCOC(=O)C(CC)CS. The Morgan fingerprint density at radius 3 is 2.55 bits per heavy atom. The van der Waals surface area contributed by atoms with Gasteiger partial charge in [-0.05, 0) is 12.8 Å². The molecular weight excluding hydrogens is 160 g/mol. The molecule has 0 aromatic heterocycles. The zero-order valence-corrected chi connectivity index (χ0v) is 8.06. The number of thiol groups is 1. The molecule has 0 bridgehead atoms. The molecule has 0 saturated carbocycles. The van der Waals surface area contributed by atoms with Crippen molar-refractivity contribution in [1.29, 1.82) is 0 Å². The second-order valence-corrected chi connectivity index (χ2v) is 2.82. The maximum atomic E-state index is 11.1. The molecule has 0 aromatic rings. The summed E-state index contributed by atoms with van der Waals surface area (Å²) >= 11 is 4.06. The van der Waals surface area contributed by atoms with E-state index in [1.165, 1.54) is 0 Å². The summed E-state index contributed by atoms with van der Waals surface area (Å²) in [5.74, 6) is 0.452. The minimum atomic E-state index is -0.107. The molecule has 1 unspecified atom stereocenters. The quantitative estimate of drug-likeness (QED) is 0.511. The largest absolute Gasteiger partial charge is 0.465 e. The molecule has 0 saturated heterocycles. The second-order valence-electron chi connectivity index (χ2n) is 2.46. The fraction of sp³-hybridized carbons (Fsp3) is 0.875. The molecular formula is C8H16O2S. The van der Waals surface area contributed by atoms with Crippen LogP contribution in [0.4, 0.5) is 0 Å². The van der Waals surface area contributed by atoms with Crippen molar-refractivity contribution in [1.82, 2.24) is 0 Å². The molecule has 66 valence electrons. The molecule has 0 radical (unpaired) electrons. The van der Waals surface area contributed by atoms with Gasteiger partial charge in [0.2, 0.25) is 0 Å². The molecule has 0 aromatic carbocycles. The van der Waals surface area contributed by atoms with Gasteiger partial charge in [-0.1, -0.05) is 13.8 Å². The van der Waals surface area contributed by atoms with Gasteiger partial charge in [0, 0.05) is 5.75 Å². The predicted octanol–water partition coefficient (Wildman–Crippen LogP) is 1.90. The van der Waals surface area contributed by atoms with E-state index in [9.17, 15) is 4.79 Å². The van der Waals surface area contributed by atoms with Crippen LogP contribution in [0.5, 0.6) is 0 Å². The van der Waals surface area contributed by atoms with E-state index in [1.807, 2.05) is 13.8 Å². The van der Waals surface area contributed by atoms with Gasteiger partial charge in [-0.2, -0.15) is 12.6 Å². The lowest BCUT2D eigenvalue weighted by Gasteiger charge is -2.10. The van der Waals surface area contributed by atoms with Gasteiger partial charge in [-0.25, -0.2) is 0 Å². The minimum absolute atomic E-state index is 0.0233. The van der Waals surface area contributed by atoms with Gasteiger partial charge in [0.1, 0.15) is 0 Å². The highest BCUT2D eigenvalue weighted by atomic mass is 32.1. The Hall–Kier alpha value is -0.180. The zero-order valence-electron chi connectivity index (χ0n) is 7.17. The van der Waals surface area contributed by atoms with Crippen LogP contribution < -0.4 is 0 Å². The van der Waals surface area contributed by atoms with Crippen molar-refractivity contribution < 1.29 is 9.53 Å². The van der Waals surface area contributed by atoms with Crippen LogP contribution in [0.25, 0.3) is 0 Å². The third-order valence-electron chi connectivity index (χ3n) is 1.49. The summed E-state index contributed by atoms with van der Waals surface area (Å²) in [6, 6.07) is 0. The number of esters is 1. The molecule has 3 heteroatoms. The summed E-state index contributed by atoms with van der Waals surface area (Å²) in [6.07, 6.45) is 1.70. The van der Waals surface area contributed by atoms with E-state index in [0.717, 1.165) is 12.8 Å². The first kappa shape index (κ1) is 10.8. The number of carbonyl (C=O) groups excluding carboxylic acids is 1. The summed E-state index contributed by atoms with van der Waals surface area (Å²) in [6.45, 7) is 4.48. The molecule has 0 fully saturated rings. The van der Waals surface area contributed by atoms with Crippen molar-refractivity contribution in [2.75, 3.05) is 12.4 Å². The van der Waals surface area contributed by atoms with Gasteiger partial charge in [0.05, 0.1) is 12.5 Å². The topological polar surface area (TPSA) is 26.3 Å². The van der Waals surface area contributed by atoms with Crippen molar-refractivity contribution >= 4 is 18.6 Å². The van der Waals surface area contributed by atoms with E-state index in [-0.39, 0.29) is 11.9 Å². The summed E-state index contributed by atoms with van der Waals surface area (Å²) < 4.78 is 4.95. The molecule has 0 spiro atoms. The molecule has 2 nitrogen and oxygen atoms in total. The Kier molecular flexibility index (Phi) is 6.42. The molecule has 0 aliphatic rings. The maximum Gasteiger partial charge on any atom is 0.309 e. The van der Waals surface area contributed by atoms with Crippen LogP contribution in [0.3, 0.4) is 0 Å². The zero-order chi connectivity index (χ0) is 8.69. The lowest BCUT2D eigenvalue weighted by molar-refractivity contribution is -0.147. The molecule has 11 heavy (non-hydrogen) atoms. The van der Waals surface area contributed by atoms with E-state index < -0.39 is 0 Å². The summed E-state index contributed by atoms with van der Waals surface area (Å²) in [5.41, 5.74) is 0. The van der Waals surface area contributed by atoms with Crippen LogP contribution in [-0.2, 0) is 9.53 Å². The number of hydrogen-bond acceptors (Lipinski definition) is 3. The average Bonchev–Trinajstić information content (AvgIpc) is 2.03. The van der Waals surface area contributed by atoms with Crippen LogP contribution in [0, 0.1) is 5.92 Å². The van der Waals surface area contributed by atoms with E-state index in [4.69, 9.17) is 4.74 Å². The molecule has 0 N–H and O–H groups in total. The predicted molar refractivity (Wildman–Crippen MR) is 48.9 cm³/mol. The van der Waals surface area contributed by atoms with Crippen LogP contribution >= 0.6 is 12.6 Å². The van der Waals surface area contributed by atoms with Crippen LogP contribution in [0.1, 0.15) is 26.7 Å². The first-order valence-corrected chi connectivity index (χ1v) is 4.66. The van der Waals surface area contributed by atoms with Crippen molar-refractivity contribution in [3.05, 3.63) is 0 Å². The number of carbonyl (C=O) groups is 1. The third-order valence-corrected chi connectivity index (χ3v) is 1.94. The van der Waals surface area contributed by atoms with E-state index in [0.29, 0.717) is 12.4 Å². The van der Waals surface area contributed by atoms with Gasteiger partial charge >= 0.3 is 5.97 Å². The highest BCUT2D eigenvalue weighted by molar-refractivity contribution is 7.80. The fourth-order valence-corrected chi connectivity index (χ4v) is 1.10. The second kappa shape index (κ2) is 6.53. The Balaban J connectivity index is 3.61. The highest BCUT2D eigenvalue weighted by Crippen LogP contribution is 2.06. The standard InChI is InChI=1S/C8H16O2S/c1-3-5-10-8(9)7(4-2)6-11/h7,11H,3-6H2,1-2H3. The molecule has 0 amide bonds. The summed E-state index contributed by atoms with van der Waals surface area (Å²) in [5, 5.41) is 0. The maximum absolute atomic E-state index is 11.1. The third kappa shape index (κ3) is 4.30. The minimum Gasteiger partial charge on any atom is -0.465 e. The summed E-state index contributed by atoms with van der Waals surface area (Å²) in [7, 11) is 0. The Morgan fingerprint density at radius 1 is 1.55 bits per heavy atom. The van der Waals surface area contributed by atoms with Crippen molar-refractivity contribution in [2.24, 2.45) is 5.92 Å². The smallest absolute Gasteiger partial charge is 0.309 e. The number of hydrogen-bond donors (Lipinski definition) is 1. The molecule has 0 aliphatic heterocycles. The average molecular weight is 176 g/mol. The Labute approximate surface area is 73.7 Å². The van der Waals surface area contributed by atoms with E-state index in [2.05, 4.69) is 12.6 Å². The molecule has 0 aliphatic carbocycles. The van der Waals surface area contributed by atoms with Crippen molar-refractivity contribution in [3.8, 4) is 0 Å². The van der Waals surface area contributed by atoms with E-state index in [1.54, 1.807) is 0 Å². The number of ether oxygens (including phenoxy) is 1. The monoisotopic (exact) mass is 176 g/mol. The van der Waals surface area contributed by atoms with Gasteiger partial charge in [0.15, 0.2) is 0 Å². The summed E-state index contributed by atoms with van der Waals surface area (Å²) in [4.78, 5) is 11.1.